The fourth-order valence-electron chi connectivity index (χ4n) is 3.99. The van der Waals surface area contributed by atoms with Gasteiger partial charge in [0.2, 0.25) is 0 Å². The van der Waals surface area contributed by atoms with Gasteiger partial charge in [0, 0.05) is 0 Å². The van der Waals surface area contributed by atoms with Gasteiger partial charge in [-0.1, -0.05) is 19.8 Å². The van der Waals surface area contributed by atoms with Crippen LogP contribution in [0.4, 0.5) is 5.69 Å². The predicted molar refractivity (Wildman–Crippen MR) is 127 cm³/mol. The Bertz CT molecular complexity index is 753. The first-order valence-electron chi connectivity index (χ1n) is 12.6. The van der Waals surface area contributed by atoms with E-state index in [-0.39, 0.29) is 51.4 Å². The molecule has 1 aliphatic heterocycles. The average molecular weight is 572 g/mol. The molecule has 1 heterocycles. The summed E-state index contributed by atoms with van der Waals surface area (Å²) in [6, 6.07) is 5.25. The fourth-order valence-corrected chi connectivity index (χ4v) is 6.50. The Labute approximate surface area is 209 Å². The van der Waals surface area contributed by atoms with Gasteiger partial charge in [0.25, 0.3) is 0 Å². The van der Waals surface area contributed by atoms with Crippen LogP contribution in [-0.4, -0.2) is 32.3 Å². The number of anilines is 1. The molecule has 1 fully saturated rings. The van der Waals surface area contributed by atoms with E-state index in [9.17, 15) is 19.5 Å². The van der Waals surface area contributed by atoms with Crippen LogP contribution in [0.25, 0.3) is 0 Å². The summed E-state index contributed by atoms with van der Waals surface area (Å²) in [5.74, 6) is -1.70. The maximum atomic E-state index is 11.9. The van der Waals surface area contributed by atoms with Crippen molar-refractivity contribution in [3.05, 3.63) is 27.3 Å². The Morgan fingerprint density at radius 2 is 1.39 bits per heavy atom. The number of nitrogens with one attached hydrogen (secondary N) is 1. The quantitative estimate of drug-likeness (QED) is 0.122. The number of carboxylic acids is 1. The van der Waals surface area contributed by atoms with Crippen LogP contribution in [0.5, 0.6) is 0 Å². The number of hydrogen-bond acceptors (Lipinski definition) is 4. The minimum atomic E-state index is -1.07. The van der Waals surface area contributed by atoms with Gasteiger partial charge in [0.15, 0.2) is 0 Å². The van der Waals surface area contributed by atoms with E-state index in [1.807, 2.05) is 6.07 Å². The van der Waals surface area contributed by atoms with Gasteiger partial charge in [-0.3, -0.25) is 0 Å². The van der Waals surface area contributed by atoms with Gasteiger partial charge in [-0.25, -0.2) is 0 Å². The summed E-state index contributed by atoms with van der Waals surface area (Å²) in [6.07, 6.45) is 17.8. The summed E-state index contributed by atoms with van der Waals surface area (Å²) in [5, 5.41) is 10.4. The number of rotatable bonds is 18. The molecule has 0 aromatic heterocycles. The molecule has 0 radical (unpaired) electrons. The van der Waals surface area contributed by atoms with Crippen molar-refractivity contribution in [3.63, 3.8) is 0 Å². The monoisotopic (exact) mass is 571 g/mol. The topological polar surface area (TPSA) is 86.7 Å². The van der Waals surface area contributed by atoms with Gasteiger partial charge < -0.3 is 0 Å². The van der Waals surface area contributed by atoms with Gasteiger partial charge in [0.1, 0.15) is 0 Å². The van der Waals surface area contributed by atoms with Crippen LogP contribution in [0, 0.1) is 3.57 Å². The van der Waals surface area contributed by atoms with Crippen molar-refractivity contribution in [2.75, 3.05) is 9.85 Å². The van der Waals surface area contributed by atoms with Crippen molar-refractivity contribution in [2.24, 2.45) is 0 Å². The van der Waals surface area contributed by atoms with Gasteiger partial charge in [-0.05, 0) is 0 Å². The number of benzene rings is 1. The second-order valence-electron chi connectivity index (χ2n) is 8.80. The van der Waals surface area contributed by atoms with Crippen molar-refractivity contribution in [1.29, 1.82) is 0 Å². The van der Waals surface area contributed by atoms with Crippen LogP contribution in [0.2, 0.25) is 0 Å². The van der Waals surface area contributed by atoms with Crippen molar-refractivity contribution in [3.8, 4) is 0 Å². The number of carboxylic acid groups (broad SMARTS) is 1. The molecule has 2 amide bonds. The molecule has 2 N–H and O–H groups in total. The number of imide groups is 1. The number of carbonyl (C=O) groups excluding carboxylic acids is 2. The number of unbranched alkanes of at least 4 members (excludes halogenated alkanes) is 12. The van der Waals surface area contributed by atoms with Crippen molar-refractivity contribution < 1.29 is 40.7 Å². The molecule has 6 nitrogen and oxygen atoms in total. The molecule has 186 valence electrons. The van der Waals surface area contributed by atoms with E-state index < -0.39 is 5.97 Å². The third kappa shape index (κ3) is 10.4. The van der Waals surface area contributed by atoms with Crippen molar-refractivity contribution in [2.45, 2.75) is 103 Å². The van der Waals surface area contributed by atoms with E-state index in [2.05, 4.69) is 12.3 Å². The fraction of sp³-hybridized carbons (Fsp3) is 0.654. The summed E-state index contributed by atoms with van der Waals surface area (Å²) >= 11 is -0.227. The zero-order chi connectivity index (χ0) is 23.9. The number of nitrogens with zero attached hydrogens (tertiary/aromatic N) is 1. The van der Waals surface area contributed by atoms with E-state index >= 15 is 0 Å². The number of hydrazine groups is 1. The minimum absolute atomic E-state index is 0.0798. The maximum absolute atomic E-state index is 11.9. The summed E-state index contributed by atoms with van der Waals surface area (Å²) in [6.45, 7) is 2.26. The van der Waals surface area contributed by atoms with Gasteiger partial charge >= 0.3 is 190 Å². The summed E-state index contributed by atoms with van der Waals surface area (Å²) in [4.78, 5) is 35.3. The van der Waals surface area contributed by atoms with Gasteiger partial charge in [0.05, 0.1) is 0 Å². The first kappa shape index (κ1) is 27.6. The molecule has 1 saturated heterocycles. The van der Waals surface area contributed by atoms with Crippen LogP contribution < -0.4 is 26.6 Å². The standard InChI is InChI=1S/C26H40IN2O4/c1-2-3-4-5-6-7-8-9-10-11-12-13-14-19-27-21-15-16-22(26(32)33)23(20-21)28-29-24(30)17-18-25(29)31/h15-16,20,28H,2-14,17-19H2,1H3,(H,32,33)/q-1. The van der Waals surface area contributed by atoms with E-state index in [1.165, 1.54) is 83.5 Å². The van der Waals surface area contributed by atoms with Gasteiger partial charge in [-0.2, -0.15) is 0 Å². The Hall–Kier alpha value is -1.64. The molecular weight excluding hydrogens is 531 g/mol. The third-order valence-electron chi connectivity index (χ3n) is 5.98. The molecule has 7 heteroatoms. The zero-order valence-electron chi connectivity index (χ0n) is 20.0. The molecular formula is C26H40IN2O4-. The summed E-state index contributed by atoms with van der Waals surface area (Å²) < 4.78 is 2.28. The normalized spacial score (nSPS) is 13.8. The molecule has 0 saturated carbocycles. The van der Waals surface area contributed by atoms with Crippen molar-refractivity contribution >= 4 is 23.5 Å². The Morgan fingerprint density at radius 3 is 1.91 bits per heavy atom. The Kier molecular flexibility index (Phi) is 13.4. The number of halogens is 1. The Morgan fingerprint density at radius 1 is 0.879 bits per heavy atom. The number of carbonyl (C=O) groups is 3. The van der Waals surface area contributed by atoms with E-state index in [0.29, 0.717) is 5.69 Å². The van der Waals surface area contributed by atoms with Crippen LogP contribution in [-0.2, 0) is 9.59 Å². The molecule has 1 aromatic rings. The summed E-state index contributed by atoms with van der Waals surface area (Å²) in [5.41, 5.74) is 3.16. The van der Waals surface area contributed by atoms with Crippen LogP contribution in [0.3, 0.4) is 0 Å². The van der Waals surface area contributed by atoms with Crippen LogP contribution in [0.1, 0.15) is 114 Å². The first-order valence-corrected chi connectivity index (χ1v) is 15.2. The SMILES string of the molecule is CCCCCCCCCCCCCCC[I-]c1ccc(C(=O)O)c(NN2C(=O)CCC2=O)c1. The molecule has 0 spiro atoms. The number of aromatic carboxylic acids is 1. The van der Waals surface area contributed by atoms with E-state index in [4.69, 9.17) is 0 Å². The van der Waals surface area contributed by atoms with Gasteiger partial charge in [-0.15, -0.1) is 0 Å². The van der Waals surface area contributed by atoms with Crippen molar-refractivity contribution in [1.82, 2.24) is 5.01 Å². The molecule has 0 unspecified atom stereocenters. The predicted octanol–water partition coefficient (Wildman–Crippen LogP) is 3.21. The first-order chi connectivity index (χ1) is 16.0. The number of alkyl halides is 1. The third-order valence-corrected chi connectivity index (χ3v) is 8.84. The average Bonchev–Trinajstić information content (AvgIpc) is 3.11. The molecule has 0 bridgehead atoms. The molecule has 33 heavy (non-hydrogen) atoms. The second kappa shape index (κ2) is 16.1. The number of amides is 2. The number of hydrogen-bond donors (Lipinski definition) is 2. The molecule has 0 atom stereocenters. The second-order valence-corrected chi connectivity index (χ2v) is 11.9. The van der Waals surface area contributed by atoms with E-state index in [0.717, 1.165) is 13.0 Å². The molecule has 0 aliphatic carbocycles. The molecule has 2 rings (SSSR count). The van der Waals surface area contributed by atoms with Crippen LogP contribution >= 0.6 is 0 Å². The van der Waals surface area contributed by atoms with E-state index in [1.54, 1.807) is 12.1 Å². The van der Waals surface area contributed by atoms with Crippen LogP contribution in [0.15, 0.2) is 18.2 Å². The summed E-state index contributed by atoms with van der Waals surface area (Å²) in [7, 11) is 0. The molecule has 1 aliphatic rings. The zero-order valence-corrected chi connectivity index (χ0v) is 22.2. The molecule has 1 aromatic carbocycles. The Balaban J connectivity index is 1.61.